The van der Waals surface area contributed by atoms with Crippen molar-refractivity contribution in [2.24, 2.45) is 35.0 Å². The Morgan fingerprint density at radius 1 is 0.769 bits per heavy atom. The highest BCUT2D eigenvalue weighted by molar-refractivity contribution is 5.77. The topological polar surface area (TPSA) is 46.5 Å². The molecule has 0 radical (unpaired) electrons. The van der Waals surface area contributed by atoms with Gasteiger partial charge in [0.1, 0.15) is 5.60 Å². The van der Waals surface area contributed by atoms with Gasteiger partial charge in [0.25, 0.3) is 5.60 Å². The molecule has 39 heavy (non-hydrogen) atoms. The lowest BCUT2D eigenvalue weighted by Crippen LogP contribution is -2.58. The number of fused-ring (bicyclic) bond motifs is 2. The highest BCUT2D eigenvalue weighted by Crippen LogP contribution is 2.59. The average Bonchev–Trinajstić information content (AvgIpc) is 3.16. The van der Waals surface area contributed by atoms with Crippen LogP contribution in [-0.4, -0.2) is 40.8 Å². The van der Waals surface area contributed by atoms with Crippen LogP contribution in [-0.2, 0) is 9.53 Å². The number of esters is 1. The van der Waals surface area contributed by atoms with Gasteiger partial charge in [0.2, 0.25) is 0 Å². The van der Waals surface area contributed by atoms with E-state index in [1.165, 1.54) is 27.7 Å². The molecular weight excluding hydrogens is 543 g/mol. The van der Waals surface area contributed by atoms with E-state index in [1.807, 2.05) is 13.8 Å². The fourth-order valence-corrected chi connectivity index (χ4v) is 4.95. The van der Waals surface area contributed by atoms with Crippen molar-refractivity contribution in [1.29, 1.82) is 0 Å². The van der Waals surface area contributed by atoms with Gasteiger partial charge in [-0.3, -0.25) is 4.79 Å². The molecule has 0 aromatic heterocycles. The predicted octanol–water partition coefficient (Wildman–Crippen LogP) is 10.0. The molecule has 6 atom stereocenters. The Morgan fingerprint density at radius 3 is 1.44 bits per heavy atom. The van der Waals surface area contributed by atoms with E-state index in [0.29, 0.717) is 18.8 Å². The quantitative estimate of drug-likeness (QED) is 0.260. The number of carbonyl (C=O) groups is 1. The lowest BCUT2D eigenvalue weighted by molar-refractivity contribution is -0.373. The van der Waals surface area contributed by atoms with Gasteiger partial charge in [-0.15, -0.1) is 0 Å². The fraction of sp³-hybridized carbons (Fsp3) is 0.963. The summed E-state index contributed by atoms with van der Waals surface area (Å²) in [6.45, 7) is 10.7. The minimum atomic E-state index is -5.69. The molecule has 0 aromatic carbocycles. The Bertz CT molecular complexity index is 723. The molecule has 2 fully saturated rings. The van der Waals surface area contributed by atoms with Crippen LogP contribution in [0.15, 0.2) is 0 Å². The molecule has 3 nitrogen and oxygen atoms in total. The van der Waals surface area contributed by atoms with Crippen LogP contribution in [0.2, 0.25) is 0 Å². The van der Waals surface area contributed by atoms with E-state index in [9.17, 15) is 49.4 Å². The molecule has 2 aliphatic rings. The lowest BCUT2D eigenvalue weighted by atomic mass is 9.72. The summed E-state index contributed by atoms with van der Waals surface area (Å²) in [5, 5.41) is 9.28. The van der Waals surface area contributed by atoms with Crippen LogP contribution < -0.4 is 0 Å². The third kappa shape index (κ3) is 9.42. The molecule has 2 aliphatic carbocycles. The second kappa shape index (κ2) is 14.1. The van der Waals surface area contributed by atoms with E-state index in [-0.39, 0.29) is 53.9 Å². The maximum atomic E-state index is 12.7. The highest BCUT2D eigenvalue weighted by atomic mass is 19.4. The molecule has 240 valence electrons. The largest absolute Gasteiger partial charge is 0.459 e. The smallest absolute Gasteiger partial charge is 0.426 e. The van der Waals surface area contributed by atoms with Crippen molar-refractivity contribution in [1.82, 2.24) is 0 Å². The van der Waals surface area contributed by atoms with Crippen molar-refractivity contribution in [3.05, 3.63) is 0 Å². The maximum absolute atomic E-state index is 12.7. The van der Waals surface area contributed by atoms with Gasteiger partial charge in [-0.25, -0.2) is 0 Å². The van der Waals surface area contributed by atoms with Crippen molar-refractivity contribution >= 4 is 5.97 Å². The number of alkyl halides is 9. The van der Waals surface area contributed by atoms with Gasteiger partial charge in [0, 0.05) is 0 Å². The van der Waals surface area contributed by atoms with Crippen LogP contribution in [0.25, 0.3) is 0 Å². The minimum Gasteiger partial charge on any atom is -0.459 e. The number of aliphatic hydroxyl groups is 1. The molecule has 2 rings (SSSR count). The van der Waals surface area contributed by atoms with Crippen molar-refractivity contribution in [3.8, 4) is 0 Å². The van der Waals surface area contributed by atoms with Crippen LogP contribution in [0.5, 0.6) is 0 Å². The van der Waals surface area contributed by atoms with E-state index >= 15 is 0 Å². The fourth-order valence-electron chi connectivity index (χ4n) is 4.95. The number of ether oxygens (including phenoxy) is 1. The molecule has 1 N–H and O–H groups in total. The van der Waals surface area contributed by atoms with E-state index in [4.69, 9.17) is 4.74 Å². The standard InChI is InChI=1S/C13H18F6O.C10H17F3O2.4CH4/c1-6-7(2)10-4-8(6)3-9(10)5-11(20,12(14,15)16)13(17,18)19;1-6-9(5,10(11,12)13)7(14)15-8(2,3)4;;;;/h6-10,20H,3-5H2,1-2H3;6H2,1-5H3;4*1H4. The summed E-state index contributed by atoms with van der Waals surface area (Å²) < 4.78 is 119. The second-order valence-corrected chi connectivity index (χ2v) is 11.1. The predicted molar refractivity (Wildman–Crippen MR) is 137 cm³/mol. The number of hydrogen-bond donors (Lipinski definition) is 1. The minimum absolute atomic E-state index is 0. The first-order chi connectivity index (χ1) is 15.3. The summed E-state index contributed by atoms with van der Waals surface area (Å²) in [6.07, 6.45) is -16.5. The first-order valence-electron chi connectivity index (χ1n) is 11.5. The maximum Gasteiger partial charge on any atom is 0.426 e. The Kier molecular flexibility index (Phi) is 16.2. The normalized spacial score (nSPS) is 26.3. The Balaban J connectivity index is -0.000000296. The zero-order valence-corrected chi connectivity index (χ0v) is 20.9. The molecule has 0 amide bonds. The molecular formula is C27H51F9O3. The molecule has 0 aliphatic heterocycles. The highest BCUT2D eigenvalue weighted by Gasteiger charge is 2.71. The molecule has 2 bridgehead atoms. The van der Waals surface area contributed by atoms with Gasteiger partial charge in [-0.2, -0.15) is 39.5 Å². The van der Waals surface area contributed by atoms with Gasteiger partial charge in [-0.1, -0.05) is 50.5 Å². The van der Waals surface area contributed by atoms with Crippen molar-refractivity contribution < 1.29 is 54.2 Å². The van der Waals surface area contributed by atoms with E-state index in [2.05, 4.69) is 0 Å². The second-order valence-electron chi connectivity index (χ2n) is 11.1. The zero-order chi connectivity index (χ0) is 28.0. The van der Waals surface area contributed by atoms with Crippen LogP contribution in [0.4, 0.5) is 39.5 Å². The SMILES string of the molecule is C.C.C.C.CC1C2CC(CC(O)(C(F)(F)F)C(F)(F)F)C(C2)C1C.CCC(C)(C(=O)OC(C)(C)C)C(F)(F)F. The van der Waals surface area contributed by atoms with Gasteiger partial charge in [-0.05, 0) is 83.0 Å². The Hall–Kier alpha value is -1.20. The summed E-state index contributed by atoms with van der Waals surface area (Å²) in [6, 6.07) is 0. The van der Waals surface area contributed by atoms with E-state index in [0.717, 1.165) is 6.92 Å². The van der Waals surface area contributed by atoms with E-state index < -0.39 is 53.5 Å². The zero-order valence-electron chi connectivity index (χ0n) is 20.9. The third-order valence-corrected chi connectivity index (χ3v) is 7.71. The van der Waals surface area contributed by atoms with Crippen LogP contribution >= 0.6 is 0 Å². The number of rotatable bonds is 4. The van der Waals surface area contributed by atoms with Crippen LogP contribution in [0, 0.1) is 35.0 Å². The molecule has 12 heteroatoms. The van der Waals surface area contributed by atoms with Gasteiger partial charge in [0.05, 0.1) is 0 Å². The van der Waals surface area contributed by atoms with Crippen molar-refractivity contribution in [2.45, 2.75) is 134 Å². The molecule has 6 unspecified atom stereocenters. The first kappa shape index (κ1) is 44.8. The van der Waals surface area contributed by atoms with Gasteiger partial charge < -0.3 is 9.84 Å². The van der Waals surface area contributed by atoms with Crippen molar-refractivity contribution in [3.63, 3.8) is 0 Å². The number of halogens is 9. The number of hydrogen-bond acceptors (Lipinski definition) is 3. The molecule has 2 saturated carbocycles. The van der Waals surface area contributed by atoms with Crippen LogP contribution in [0.1, 0.15) is 104 Å². The third-order valence-electron chi connectivity index (χ3n) is 7.71. The molecule has 0 saturated heterocycles. The summed E-state index contributed by atoms with van der Waals surface area (Å²) in [4.78, 5) is 11.4. The van der Waals surface area contributed by atoms with Gasteiger partial charge >= 0.3 is 24.5 Å². The molecule has 0 spiro atoms. The summed E-state index contributed by atoms with van der Waals surface area (Å²) >= 11 is 0. The Labute approximate surface area is 229 Å². The molecule has 0 aromatic rings. The first-order valence-corrected chi connectivity index (χ1v) is 11.5. The number of carbonyl (C=O) groups excluding carboxylic acids is 1. The van der Waals surface area contributed by atoms with Crippen molar-refractivity contribution in [2.75, 3.05) is 0 Å². The van der Waals surface area contributed by atoms with Crippen LogP contribution in [0.3, 0.4) is 0 Å². The monoisotopic (exact) mass is 594 g/mol. The summed E-state index contributed by atoms with van der Waals surface area (Å²) in [5.41, 5.74) is -7.91. The van der Waals surface area contributed by atoms with Gasteiger partial charge in [0.15, 0.2) is 5.41 Å². The molecule has 0 heterocycles. The summed E-state index contributed by atoms with van der Waals surface area (Å²) in [7, 11) is 0. The van der Waals surface area contributed by atoms with E-state index in [1.54, 1.807) is 0 Å². The lowest BCUT2D eigenvalue weighted by Gasteiger charge is -2.39. The Morgan fingerprint density at radius 2 is 1.18 bits per heavy atom. The average molecular weight is 595 g/mol. The summed E-state index contributed by atoms with van der Waals surface area (Å²) in [5.74, 6) is -1.44.